The molecule has 126 valence electrons. The number of hydrogen-bond donors (Lipinski definition) is 2. The number of anilines is 1. The monoisotopic (exact) mass is 349 g/mol. The van der Waals surface area contributed by atoms with E-state index in [1.807, 2.05) is 0 Å². The second kappa shape index (κ2) is 6.79. The quantitative estimate of drug-likeness (QED) is 0.853. The SMILES string of the molecule is CCOC(=O)Nc1nc2c(s1)CN(C(=O)c1ccc(=O)[nH]n1)CC2. The van der Waals surface area contributed by atoms with Gasteiger partial charge in [-0.2, -0.15) is 5.10 Å². The van der Waals surface area contributed by atoms with Gasteiger partial charge < -0.3 is 9.64 Å². The van der Waals surface area contributed by atoms with Gasteiger partial charge in [0.1, 0.15) is 5.69 Å². The molecule has 0 fully saturated rings. The van der Waals surface area contributed by atoms with Crippen LogP contribution in [0.1, 0.15) is 28.0 Å². The average Bonchev–Trinajstić information content (AvgIpc) is 2.96. The van der Waals surface area contributed by atoms with Crippen LogP contribution in [-0.4, -0.2) is 45.2 Å². The third-order valence-electron chi connectivity index (χ3n) is 3.40. The van der Waals surface area contributed by atoms with E-state index in [1.54, 1.807) is 11.8 Å². The van der Waals surface area contributed by atoms with Crippen LogP contribution >= 0.6 is 11.3 Å². The number of rotatable bonds is 3. The lowest BCUT2D eigenvalue weighted by atomic mass is 10.1. The highest BCUT2D eigenvalue weighted by molar-refractivity contribution is 7.15. The molecule has 1 aliphatic heterocycles. The Morgan fingerprint density at radius 3 is 3.00 bits per heavy atom. The summed E-state index contributed by atoms with van der Waals surface area (Å²) in [6.45, 7) is 2.89. The van der Waals surface area contributed by atoms with Crippen LogP contribution in [0.3, 0.4) is 0 Å². The molecule has 0 bridgehead atoms. The van der Waals surface area contributed by atoms with Gasteiger partial charge in [0.2, 0.25) is 0 Å². The number of hydrogen-bond acceptors (Lipinski definition) is 7. The maximum atomic E-state index is 12.4. The lowest BCUT2D eigenvalue weighted by Gasteiger charge is -2.25. The lowest BCUT2D eigenvalue weighted by molar-refractivity contribution is 0.0729. The minimum absolute atomic E-state index is 0.187. The van der Waals surface area contributed by atoms with Gasteiger partial charge >= 0.3 is 6.09 Å². The molecule has 2 aromatic rings. The van der Waals surface area contributed by atoms with Crippen molar-refractivity contribution in [2.24, 2.45) is 0 Å². The molecule has 10 heteroatoms. The number of aromatic amines is 1. The Hall–Kier alpha value is -2.75. The lowest BCUT2D eigenvalue weighted by Crippen LogP contribution is -2.36. The Kier molecular flexibility index (Phi) is 4.56. The van der Waals surface area contributed by atoms with Gasteiger partial charge in [-0.15, -0.1) is 0 Å². The zero-order valence-corrected chi connectivity index (χ0v) is 13.7. The summed E-state index contributed by atoms with van der Waals surface area (Å²) < 4.78 is 4.82. The van der Waals surface area contributed by atoms with Crippen molar-refractivity contribution in [3.8, 4) is 0 Å². The first kappa shape index (κ1) is 16.1. The van der Waals surface area contributed by atoms with Crippen LogP contribution in [-0.2, 0) is 17.7 Å². The summed E-state index contributed by atoms with van der Waals surface area (Å²) in [5.41, 5.74) is 0.697. The molecule has 0 radical (unpaired) electrons. The molecule has 0 unspecified atom stereocenters. The van der Waals surface area contributed by atoms with Gasteiger partial charge in [-0.25, -0.2) is 14.9 Å². The van der Waals surface area contributed by atoms with Crippen molar-refractivity contribution in [2.45, 2.75) is 19.9 Å². The number of amides is 2. The number of aromatic nitrogens is 3. The summed E-state index contributed by atoms with van der Waals surface area (Å²) >= 11 is 1.31. The number of fused-ring (bicyclic) bond motifs is 1. The molecule has 0 saturated carbocycles. The van der Waals surface area contributed by atoms with Crippen molar-refractivity contribution < 1.29 is 14.3 Å². The van der Waals surface area contributed by atoms with Crippen LogP contribution in [0.25, 0.3) is 0 Å². The van der Waals surface area contributed by atoms with Crippen LogP contribution in [0.5, 0.6) is 0 Å². The highest BCUT2D eigenvalue weighted by Crippen LogP contribution is 2.28. The number of nitrogens with zero attached hydrogens (tertiary/aromatic N) is 3. The van der Waals surface area contributed by atoms with Gasteiger partial charge in [-0.3, -0.25) is 14.9 Å². The van der Waals surface area contributed by atoms with Crippen molar-refractivity contribution in [3.63, 3.8) is 0 Å². The van der Waals surface area contributed by atoms with E-state index < -0.39 is 6.09 Å². The second-order valence-corrected chi connectivity index (χ2v) is 6.10. The molecule has 0 atom stereocenters. The number of H-pyrrole nitrogens is 1. The molecule has 0 saturated heterocycles. The number of carbonyl (C=O) groups excluding carboxylic acids is 2. The van der Waals surface area contributed by atoms with E-state index in [2.05, 4.69) is 20.5 Å². The highest BCUT2D eigenvalue weighted by Gasteiger charge is 2.26. The molecule has 0 spiro atoms. The summed E-state index contributed by atoms with van der Waals surface area (Å²) in [4.78, 5) is 41.8. The minimum atomic E-state index is -0.547. The van der Waals surface area contributed by atoms with Crippen molar-refractivity contribution in [3.05, 3.63) is 38.8 Å². The highest BCUT2D eigenvalue weighted by atomic mass is 32.1. The maximum absolute atomic E-state index is 12.4. The average molecular weight is 349 g/mol. The summed E-state index contributed by atoms with van der Waals surface area (Å²) in [7, 11) is 0. The zero-order valence-electron chi connectivity index (χ0n) is 12.9. The Labute approximate surface area is 140 Å². The van der Waals surface area contributed by atoms with E-state index in [9.17, 15) is 14.4 Å². The number of nitrogens with one attached hydrogen (secondary N) is 2. The third kappa shape index (κ3) is 3.43. The van der Waals surface area contributed by atoms with E-state index in [4.69, 9.17) is 4.74 Å². The van der Waals surface area contributed by atoms with Gasteiger partial charge in [0.15, 0.2) is 5.13 Å². The fourth-order valence-electron chi connectivity index (χ4n) is 2.30. The van der Waals surface area contributed by atoms with Gasteiger partial charge in [-0.05, 0) is 13.0 Å². The van der Waals surface area contributed by atoms with E-state index in [-0.39, 0.29) is 23.8 Å². The predicted molar refractivity (Wildman–Crippen MR) is 86.1 cm³/mol. The molecule has 2 aromatic heterocycles. The first-order valence-corrected chi connectivity index (χ1v) is 8.16. The minimum Gasteiger partial charge on any atom is -0.450 e. The molecule has 3 heterocycles. The van der Waals surface area contributed by atoms with Crippen LogP contribution in [0, 0.1) is 0 Å². The van der Waals surface area contributed by atoms with Crippen LogP contribution in [0.2, 0.25) is 0 Å². The van der Waals surface area contributed by atoms with E-state index in [0.29, 0.717) is 24.6 Å². The van der Waals surface area contributed by atoms with Crippen LogP contribution < -0.4 is 10.9 Å². The number of carbonyl (C=O) groups is 2. The first-order valence-electron chi connectivity index (χ1n) is 7.34. The van der Waals surface area contributed by atoms with Crippen molar-refractivity contribution >= 4 is 28.5 Å². The van der Waals surface area contributed by atoms with E-state index in [1.165, 1.54) is 23.5 Å². The molecule has 24 heavy (non-hydrogen) atoms. The molecule has 0 aliphatic carbocycles. The second-order valence-electron chi connectivity index (χ2n) is 5.02. The number of thiazole rings is 1. The molecule has 9 nitrogen and oxygen atoms in total. The summed E-state index contributed by atoms with van der Waals surface area (Å²) in [5.74, 6) is -0.259. The number of ether oxygens (including phenoxy) is 1. The summed E-state index contributed by atoms with van der Waals surface area (Å²) in [6, 6.07) is 2.67. The third-order valence-corrected chi connectivity index (χ3v) is 4.40. The normalized spacial score (nSPS) is 13.3. The standard InChI is InChI=1S/C14H15N5O4S/c1-2-23-14(22)16-13-15-8-5-6-19(7-10(8)24-13)12(21)9-3-4-11(20)18-17-9/h3-4H,2,5-7H2,1H3,(H,18,20)(H,15,16,22). The van der Waals surface area contributed by atoms with E-state index in [0.717, 1.165) is 10.6 Å². The maximum Gasteiger partial charge on any atom is 0.413 e. The van der Waals surface area contributed by atoms with Gasteiger partial charge in [0.05, 0.1) is 18.8 Å². The van der Waals surface area contributed by atoms with Gasteiger partial charge in [0.25, 0.3) is 11.5 Å². The smallest absolute Gasteiger partial charge is 0.413 e. The van der Waals surface area contributed by atoms with E-state index >= 15 is 0 Å². The first-order chi connectivity index (χ1) is 11.6. The molecule has 1 aliphatic rings. The topological polar surface area (TPSA) is 117 Å². The Bertz CT molecular complexity index is 810. The fourth-order valence-corrected chi connectivity index (χ4v) is 3.31. The summed E-state index contributed by atoms with van der Waals surface area (Å²) in [6.07, 6.45) is 0.0415. The fraction of sp³-hybridized carbons (Fsp3) is 0.357. The molecular formula is C14H15N5O4S. The van der Waals surface area contributed by atoms with Crippen LogP contribution in [0.4, 0.5) is 9.93 Å². The largest absolute Gasteiger partial charge is 0.450 e. The predicted octanol–water partition coefficient (Wildman–Crippen LogP) is 0.993. The van der Waals surface area contributed by atoms with Gasteiger partial charge in [0, 0.05) is 23.9 Å². The Morgan fingerprint density at radius 2 is 2.29 bits per heavy atom. The van der Waals surface area contributed by atoms with Crippen molar-refractivity contribution in [1.82, 2.24) is 20.1 Å². The molecule has 2 N–H and O–H groups in total. The Morgan fingerprint density at radius 1 is 1.46 bits per heavy atom. The van der Waals surface area contributed by atoms with Crippen molar-refractivity contribution in [1.29, 1.82) is 0 Å². The van der Waals surface area contributed by atoms with Crippen molar-refractivity contribution in [2.75, 3.05) is 18.5 Å². The van der Waals surface area contributed by atoms with Crippen LogP contribution in [0.15, 0.2) is 16.9 Å². The molecule has 0 aromatic carbocycles. The molecule has 3 rings (SSSR count). The summed E-state index contributed by atoms with van der Waals surface area (Å²) in [5, 5.41) is 9.04. The molecule has 2 amide bonds. The molecular weight excluding hydrogens is 334 g/mol. The Balaban J connectivity index is 1.71. The zero-order chi connectivity index (χ0) is 17.1. The van der Waals surface area contributed by atoms with Gasteiger partial charge in [-0.1, -0.05) is 11.3 Å².